The predicted molar refractivity (Wildman–Crippen MR) is 111 cm³/mol. The third-order valence-corrected chi connectivity index (χ3v) is 4.87. The first kappa shape index (κ1) is 23.1. The lowest BCUT2D eigenvalue weighted by molar-refractivity contribution is -0.130. The minimum atomic E-state index is -0.775. The van der Waals surface area contributed by atoms with E-state index in [4.69, 9.17) is 14.6 Å². The summed E-state index contributed by atoms with van der Waals surface area (Å²) in [5.74, 6) is -0.187. The lowest BCUT2D eigenvalue weighted by Crippen LogP contribution is -2.51. The number of nitrogens with zero attached hydrogens (tertiary/aromatic N) is 2. The Hall–Kier alpha value is -3.14. The quantitative estimate of drug-likeness (QED) is 0.495. The van der Waals surface area contributed by atoms with E-state index in [2.05, 4.69) is 15.6 Å². The largest absolute Gasteiger partial charge is 0.493 e. The fourth-order valence-electron chi connectivity index (χ4n) is 2.96. The zero-order valence-corrected chi connectivity index (χ0v) is 17.6. The van der Waals surface area contributed by atoms with Crippen molar-refractivity contribution in [3.05, 3.63) is 28.8 Å². The van der Waals surface area contributed by atoms with Gasteiger partial charge in [0.2, 0.25) is 11.8 Å². The highest BCUT2D eigenvalue weighted by molar-refractivity contribution is 5.88. The molecule has 0 saturated carbocycles. The van der Waals surface area contributed by atoms with Crippen molar-refractivity contribution in [3.63, 3.8) is 0 Å². The Morgan fingerprint density at radius 1 is 1.23 bits per heavy atom. The van der Waals surface area contributed by atoms with Crippen molar-refractivity contribution in [2.75, 3.05) is 27.4 Å². The molecule has 10 heteroatoms. The number of benzene rings is 1. The number of rotatable bonds is 10. The van der Waals surface area contributed by atoms with Crippen LogP contribution >= 0.6 is 0 Å². The maximum absolute atomic E-state index is 12.8. The molecule has 1 aromatic heterocycles. The molecule has 0 aliphatic carbocycles. The van der Waals surface area contributed by atoms with Crippen molar-refractivity contribution in [2.45, 2.75) is 32.9 Å². The van der Waals surface area contributed by atoms with E-state index in [1.807, 2.05) is 13.8 Å². The molecule has 0 fully saturated rings. The number of carbonyl (C=O) groups excluding carboxylic acids is 2. The van der Waals surface area contributed by atoms with Gasteiger partial charge in [-0.25, -0.2) is 4.98 Å². The Bertz CT molecular complexity index is 958. The monoisotopic (exact) mass is 420 g/mol. The van der Waals surface area contributed by atoms with Crippen LogP contribution in [0.1, 0.15) is 20.3 Å². The highest BCUT2D eigenvalue weighted by Gasteiger charge is 2.25. The number of hydrogen-bond donors (Lipinski definition) is 3. The second-order valence-electron chi connectivity index (χ2n) is 6.85. The molecule has 1 heterocycles. The van der Waals surface area contributed by atoms with Crippen LogP contribution in [0.2, 0.25) is 0 Å². The molecule has 0 radical (unpaired) electrons. The van der Waals surface area contributed by atoms with Gasteiger partial charge in [-0.05, 0) is 12.0 Å². The fraction of sp³-hybridized carbons (Fsp3) is 0.500. The van der Waals surface area contributed by atoms with Crippen LogP contribution in [0.5, 0.6) is 11.5 Å². The van der Waals surface area contributed by atoms with Crippen molar-refractivity contribution in [3.8, 4) is 11.5 Å². The molecule has 0 aliphatic rings. The number of aromatic nitrogens is 2. The highest BCUT2D eigenvalue weighted by atomic mass is 16.5. The Morgan fingerprint density at radius 2 is 1.90 bits per heavy atom. The van der Waals surface area contributed by atoms with Gasteiger partial charge in [0.15, 0.2) is 11.5 Å². The van der Waals surface area contributed by atoms with Crippen molar-refractivity contribution < 1.29 is 24.2 Å². The van der Waals surface area contributed by atoms with Gasteiger partial charge in [-0.1, -0.05) is 20.3 Å². The van der Waals surface area contributed by atoms with E-state index in [1.165, 1.54) is 31.2 Å². The van der Waals surface area contributed by atoms with Crippen molar-refractivity contribution in [2.24, 2.45) is 5.92 Å². The summed E-state index contributed by atoms with van der Waals surface area (Å²) in [5.41, 5.74) is -0.00361. The first-order valence-corrected chi connectivity index (χ1v) is 9.65. The van der Waals surface area contributed by atoms with Crippen LogP contribution in [0.3, 0.4) is 0 Å². The van der Waals surface area contributed by atoms with Gasteiger partial charge in [-0.15, -0.1) is 0 Å². The van der Waals surface area contributed by atoms with E-state index in [9.17, 15) is 14.4 Å². The zero-order valence-electron chi connectivity index (χ0n) is 17.6. The van der Waals surface area contributed by atoms with E-state index >= 15 is 0 Å². The van der Waals surface area contributed by atoms with Crippen molar-refractivity contribution >= 4 is 22.7 Å². The Kier molecular flexibility index (Phi) is 8.16. The molecule has 2 amide bonds. The number of fused-ring (bicyclic) bond motifs is 1. The van der Waals surface area contributed by atoms with Gasteiger partial charge in [0.1, 0.15) is 12.6 Å². The number of hydrogen-bond acceptors (Lipinski definition) is 7. The maximum Gasteiger partial charge on any atom is 0.261 e. The lowest BCUT2D eigenvalue weighted by Gasteiger charge is -2.23. The Balaban J connectivity index is 2.25. The van der Waals surface area contributed by atoms with Crippen LogP contribution in [0.4, 0.5) is 0 Å². The number of amides is 2. The summed E-state index contributed by atoms with van der Waals surface area (Å²) in [6.07, 6.45) is 1.94. The van der Waals surface area contributed by atoms with Crippen LogP contribution in [-0.2, 0) is 16.1 Å². The molecule has 1 unspecified atom stereocenters. The molecule has 2 rings (SSSR count). The summed E-state index contributed by atoms with van der Waals surface area (Å²) in [4.78, 5) is 41.9. The molecule has 0 spiro atoms. The number of nitrogens with one attached hydrogen (secondary N) is 2. The molecule has 1 aromatic carbocycles. The summed E-state index contributed by atoms with van der Waals surface area (Å²) < 4.78 is 11.6. The summed E-state index contributed by atoms with van der Waals surface area (Å²) in [6, 6.07) is 2.33. The summed E-state index contributed by atoms with van der Waals surface area (Å²) in [7, 11) is 2.95. The molecule has 3 N–H and O–H groups in total. The number of ether oxygens (including phenoxy) is 2. The van der Waals surface area contributed by atoms with Crippen LogP contribution < -0.4 is 25.7 Å². The Labute approximate surface area is 174 Å². The molecular formula is C20H28N4O6. The summed E-state index contributed by atoms with van der Waals surface area (Å²) in [6.45, 7) is 3.35. The van der Waals surface area contributed by atoms with Gasteiger partial charge in [0.05, 0.1) is 38.1 Å². The van der Waals surface area contributed by atoms with Crippen LogP contribution in [0, 0.1) is 5.92 Å². The zero-order chi connectivity index (χ0) is 22.3. The second kappa shape index (κ2) is 10.6. The average Bonchev–Trinajstić information content (AvgIpc) is 2.76. The average molecular weight is 420 g/mol. The first-order valence-electron chi connectivity index (χ1n) is 9.65. The van der Waals surface area contributed by atoms with Crippen LogP contribution in [-0.4, -0.2) is 59.9 Å². The van der Waals surface area contributed by atoms with Crippen molar-refractivity contribution in [1.82, 2.24) is 20.2 Å². The molecule has 30 heavy (non-hydrogen) atoms. The van der Waals surface area contributed by atoms with E-state index < -0.39 is 17.5 Å². The molecule has 164 valence electrons. The number of aliphatic hydroxyl groups excluding tert-OH is 1. The van der Waals surface area contributed by atoms with Crippen LogP contribution in [0.15, 0.2) is 23.3 Å². The molecule has 2 aromatic rings. The molecule has 0 aliphatic heterocycles. The van der Waals surface area contributed by atoms with Crippen molar-refractivity contribution in [1.29, 1.82) is 0 Å². The normalized spacial score (nSPS) is 12.8. The van der Waals surface area contributed by atoms with E-state index in [-0.39, 0.29) is 36.9 Å². The molecule has 0 saturated heterocycles. The lowest BCUT2D eigenvalue weighted by atomic mass is 9.98. The third kappa shape index (κ3) is 5.26. The van der Waals surface area contributed by atoms with Gasteiger partial charge < -0.3 is 25.2 Å². The summed E-state index contributed by atoms with van der Waals surface area (Å²) in [5, 5.41) is 14.4. The highest BCUT2D eigenvalue weighted by Crippen LogP contribution is 2.29. The molecule has 10 nitrogen and oxygen atoms in total. The van der Waals surface area contributed by atoms with E-state index in [0.29, 0.717) is 23.4 Å². The first-order chi connectivity index (χ1) is 14.4. The topological polar surface area (TPSA) is 132 Å². The minimum Gasteiger partial charge on any atom is -0.493 e. The van der Waals surface area contributed by atoms with E-state index in [0.717, 1.165) is 0 Å². The van der Waals surface area contributed by atoms with Gasteiger partial charge in [0.25, 0.3) is 5.56 Å². The number of carbonyl (C=O) groups is 2. The van der Waals surface area contributed by atoms with Gasteiger partial charge in [-0.3, -0.25) is 19.0 Å². The number of methoxy groups -OCH3 is 2. The molecule has 2 atom stereocenters. The Morgan fingerprint density at radius 3 is 2.50 bits per heavy atom. The smallest absolute Gasteiger partial charge is 0.261 e. The SMILES string of the molecule is CCC(C)[C@H](NC(=O)Cn1cnc2cc(OC)c(OC)cc2c1=O)C(=O)NCCO. The molecular weight excluding hydrogens is 392 g/mol. The minimum absolute atomic E-state index is 0.0982. The standard InChI is InChI=1S/C20H28N4O6/c1-5-12(2)18(19(27)21-6-7-25)23-17(26)10-24-11-22-14-9-16(30-4)15(29-3)8-13(14)20(24)28/h8-9,11-12,18,25H,5-7,10H2,1-4H3,(H,21,27)(H,23,26)/t12?,18-/m0/s1. The molecule has 0 bridgehead atoms. The van der Waals surface area contributed by atoms with Crippen LogP contribution in [0.25, 0.3) is 10.9 Å². The fourth-order valence-corrected chi connectivity index (χ4v) is 2.96. The van der Waals surface area contributed by atoms with Gasteiger partial charge in [0, 0.05) is 12.6 Å². The predicted octanol–water partition coefficient (Wildman–Crippen LogP) is 0.0531. The maximum atomic E-state index is 12.8. The number of aliphatic hydroxyl groups is 1. The second-order valence-corrected chi connectivity index (χ2v) is 6.85. The third-order valence-electron chi connectivity index (χ3n) is 4.87. The van der Waals surface area contributed by atoms with Gasteiger partial charge in [-0.2, -0.15) is 0 Å². The van der Waals surface area contributed by atoms with E-state index in [1.54, 1.807) is 6.07 Å². The van der Waals surface area contributed by atoms with Gasteiger partial charge >= 0.3 is 0 Å². The summed E-state index contributed by atoms with van der Waals surface area (Å²) >= 11 is 0.